The Bertz CT molecular complexity index is 757. The second-order valence-corrected chi connectivity index (χ2v) is 6.89. The highest BCUT2D eigenvalue weighted by molar-refractivity contribution is 14.0. The molecule has 6 nitrogen and oxygen atoms in total. The first-order valence-corrected chi connectivity index (χ1v) is 9.70. The van der Waals surface area contributed by atoms with Crippen molar-refractivity contribution in [3.63, 3.8) is 0 Å². The molecule has 0 amide bonds. The maximum atomic E-state index is 12.3. The van der Waals surface area contributed by atoms with Crippen molar-refractivity contribution in [1.82, 2.24) is 5.32 Å². The Labute approximate surface area is 180 Å². The molecule has 2 aromatic carbocycles. The normalized spacial score (nSPS) is 11.9. The number of methoxy groups -OCH3 is 2. The fourth-order valence-electron chi connectivity index (χ4n) is 2.29. The lowest BCUT2D eigenvalue weighted by Gasteiger charge is -2.13. The van der Waals surface area contributed by atoms with Crippen LogP contribution in [0.15, 0.2) is 58.4 Å². The molecule has 148 valence electrons. The van der Waals surface area contributed by atoms with Crippen molar-refractivity contribution in [2.24, 2.45) is 4.99 Å². The average molecular weight is 503 g/mol. The van der Waals surface area contributed by atoms with E-state index < -0.39 is 10.8 Å². The highest BCUT2D eigenvalue weighted by Crippen LogP contribution is 2.29. The first-order chi connectivity index (χ1) is 12.7. The number of halogens is 1. The minimum Gasteiger partial charge on any atom is -0.493 e. The van der Waals surface area contributed by atoms with Gasteiger partial charge in [0.1, 0.15) is 0 Å². The molecule has 27 heavy (non-hydrogen) atoms. The molecule has 0 aliphatic rings. The monoisotopic (exact) mass is 503 g/mol. The summed E-state index contributed by atoms with van der Waals surface area (Å²) in [5.74, 6) is 2.40. The van der Waals surface area contributed by atoms with Crippen LogP contribution < -0.4 is 20.1 Å². The number of rotatable bonds is 8. The molecule has 0 radical (unpaired) electrons. The van der Waals surface area contributed by atoms with Gasteiger partial charge in [0.25, 0.3) is 0 Å². The molecule has 0 spiro atoms. The molecule has 1 unspecified atom stereocenters. The predicted molar refractivity (Wildman–Crippen MR) is 122 cm³/mol. The van der Waals surface area contributed by atoms with E-state index in [0.29, 0.717) is 29.8 Å². The third-order valence-electron chi connectivity index (χ3n) is 3.54. The lowest BCUT2D eigenvalue weighted by molar-refractivity contribution is 0.355. The first-order valence-electron chi connectivity index (χ1n) is 8.38. The summed E-state index contributed by atoms with van der Waals surface area (Å²) in [6, 6.07) is 15.0. The molecule has 0 fully saturated rings. The van der Waals surface area contributed by atoms with Crippen molar-refractivity contribution >= 4 is 46.4 Å². The van der Waals surface area contributed by atoms with Crippen LogP contribution in [0.2, 0.25) is 0 Å². The van der Waals surface area contributed by atoms with Gasteiger partial charge in [-0.1, -0.05) is 18.2 Å². The molecule has 1 atom stereocenters. The Kier molecular flexibility index (Phi) is 10.8. The fourth-order valence-corrected chi connectivity index (χ4v) is 3.24. The van der Waals surface area contributed by atoms with E-state index in [1.165, 1.54) is 0 Å². The van der Waals surface area contributed by atoms with Crippen molar-refractivity contribution in [2.75, 3.05) is 38.4 Å². The van der Waals surface area contributed by atoms with Crippen LogP contribution in [0.25, 0.3) is 0 Å². The van der Waals surface area contributed by atoms with Gasteiger partial charge in [0.05, 0.1) is 31.6 Å². The third kappa shape index (κ3) is 7.37. The lowest BCUT2D eigenvalue weighted by atomic mass is 10.3. The zero-order chi connectivity index (χ0) is 18.8. The Morgan fingerprint density at radius 3 is 2.41 bits per heavy atom. The van der Waals surface area contributed by atoms with Crippen LogP contribution in [-0.4, -0.2) is 43.2 Å². The maximum absolute atomic E-state index is 12.3. The molecule has 0 aliphatic heterocycles. The smallest absolute Gasteiger partial charge is 0.195 e. The molecule has 8 heteroatoms. The van der Waals surface area contributed by atoms with E-state index in [9.17, 15) is 4.21 Å². The zero-order valence-corrected chi connectivity index (χ0v) is 18.9. The summed E-state index contributed by atoms with van der Waals surface area (Å²) in [5, 5.41) is 6.40. The molecule has 2 aromatic rings. The standard InChI is InChI=1S/C19H25N3O3S.HI/c1-4-20-19(21-12-13-26(23)16-8-6-5-7-9-16)22-15-10-11-17(24-2)18(14-15)25-3;/h5-11,14H,4,12-13H2,1-3H3,(H2,20,21,22);1H. The third-order valence-corrected chi connectivity index (χ3v) is 4.89. The van der Waals surface area contributed by atoms with Gasteiger partial charge in [-0.25, -0.2) is 0 Å². The minimum absolute atomic E-state index is 0. The molecule has 2 rings (SSSR count). The molecule has 0 saturated heterocycles. The topological polar surface area (TPSA) is 72.0 Å². The van der Waals surface area contributed by atoms with E-state index >= 15 is 0 Å². The van der Waals surface area contributed by atoms with E-state index in [-0.39, 0.29) is 24.0 Å². The lowest BCUT2D eigenvalue weighted by Crippen LogP contribution is -2.31. The molecule has 0 aromatic heterocycles. The number of nitrogens with one attached hydrogen (secondary N) is 2. The molecule has 2 N–H and O–H groups in total. The van der Waals surface area contributed by atoms with Crippen LogP contribution in [-0.2, 0) is 10.8 Å². The van der Waals surface area contributed by atoms with Crippen LogP contribution in [0.5, 0.6) is 11.5 Å². The van der Waals surface area contributed by atoms with E-state index in [1.807, 2.05) is 55.5 Å². The van der Waals surface area contributed by atoms with Gasteiger partial charge < -0.3 is 20.1 Å². The summed E-state index contributed by atoms with van der Waals surface area (Å²) in [6.07, 6.45) is 0. The van der Waals surface area contributed by atoms with Crippen molar-refractivity contribution in [3.8, 4) is 11.5 Å². The highest BCUT2D eigenvalue weighted by atomic mass is 127. The van der Waals surface area contributed by atoms with E-state index in [2.05, 4.69) is 15.6 Å². The summed E-state index contributed by atoms with van der Waals surface area (Å²) in [6.45, 7) is 3.17. The van der Waals surface area contributed by atoms with E-state index in [1.54, 1.807) is 14.2 Å². The second-order valence-electron chi connectivity index (χ2n) is 5.32. The number of nitrogens with zero attached hydrogens (tertiary/aromatic N) is 1. The number of aliphatic imine (C=N–C) groups is 1. The van der Waals surface area contributed by atoms with E-state index in [4.69, 9.17) is 9.47 Å². The summed E-state index contributed by atoms with van der Waals surface area (Å²) in [4.78, 5) is 5.32. The molecule has 0 heterocycles. The SMILES string of the molecule is CCNC(=NCCS(=O)c1ccccc1)Nc1ccc(OC)c(OC)c1.I. The van der Waals surface area contributed by atoms with Gasteiger partial charge in [-0.2, -0.15) is 0 Å². The molecular weight excluding hydrogens is 477 g/mol. The molecular formula is C19H26IN3O3S. The van der Waals surface area contributed by atoms with Crippen molar-refractivity contribution < 1.29 is 13.7 Å². The highest BCUT2D eigenvalue weighted by Gasteiger charge is 2.07. The average Bonchev–Trinajstić information content (AvgIpc) is 2.68. The van der Waals surface area contributed by atoms with Crippen molar-refractivity contribution in [1.29, 1.82) is 0 Å². The number of guanidine groups is 1. The van der Waals surface area contributed by atoms with Crippen LogP contribution in [0.1, 0.15) is 6.92 Å². The largest absolute Gasteiger partial charge is 0.493 e. The van der Waals surface area contributed by atoms with Gasteiger partial charge in [-0.15, -0.1) is 24.0 Å². The number of anilines is 1. The Balaban J connectivity index is 0.00000364. The van der Waals surface area contributed by atoms with Gasteiger partial charge in [0.15, 0.2) is 17.5 Å². The second kappa shape index (κ2) is 12.6. The summed E-state index contributed by atoms with van der Waals surface area (Å²) < 4.78 is 22.8. The molecule has 0 bridgehead atoms. The Hall–Kier alpha value is -1.81. The van der Waals surface area contributed by atoms with Crippen LogP contribution in [0, 0.1) is 0 Å². The minimum atomic E-state index is -1.06. The summed E-state index contributed by atoms with van der Waals surface area (Å²) in [5.41, 5.74) is 0.825. The predicted octanol–water partition coefficient (Wildman–Crippen LogP) is 3.51. The number of ether oxygens (including phenoxy) is 2. The van der Waals surface area contributed by atoms with E-state index in [0.717, 1.165) is 17.1 Å². The van der Waals surface area contributed by atoms with Gasteiger partial charge in [0, 0.05) is 28.9 Å². The number of hydrogen-bond donors (Lipinski definition) is 2. The van der Waals surface area contributed by atoms with Gasteiger partial charge in [-0.05, 0) is 31.2 Å². The van der Waals surface area contributed by atoms with Crippen molar-refractivity contribution in [2.45, 2.75) is 11.8 Å². The Morgan fingerprint density at radius 2 is 1.78 bits per heavy atom. The fraction of sp³-hybridized carbons (Fsp3) is 0.316. The number of hydrogen-bond acceptors (Lipinski definition) is 4. The van der Waals surface area contributed by atoms with Gasteiger partial charge in [0.2, 0.25) is 0 Å². The Morgan fingerprint density at radius 1 is 1.07 bits per heavy atom. The van der Waals surface area contributed by atoms with Crippen LogP contribution in [0.3, 0.4) is 0 Å². The van der Waals surface area contributed by atoms with Crippen LogP contribution >= 0.6 is 24.0 Å². The number of benzene rings is 2. The van der Waals surface area contributed by atoms with Gasteiger partial charge in [-0.3, -0.25) is 9.20 Å². The van der Waals surface area contributed by atoms with Gasteiger partial charge >= 0.3 is 0 Å². The summed E-state index contributed by atoms with van der Waals surface area (Å²) >= 11 is 0. The van der Waals surface area contributed by atoms with Crippen molar-refractivity contribution in [3.05, 3.63) is 48.5 Å². The quantitative estimate of drug-likeness (QED) is 0.328. The van der Waals surface area contributed by atoms with Crippen LogP contribution in [0.4, 0.5) is 5.69 Å². The summed E-state index contributed by atoms with van der Waals surface area (Å²) in [7, 11) is 2.14. The molecule has 0 aliphatic carbocycles. The zero-order valence-electron chi connectivity index (χ0n) is 15.7. The molecule has 0 saturated carbocycles. The first kappa shape index (κ1) is 23.2. The maximum Gasteiger partial charge on any atom is 0.195 e.